The molecule has 0 aliphatic rings. The Kier molecular flexibility index (Phi) is 11.3. The molecular weight excluding hydrogens is 580 g/mol. The van der Waals surface area contributed by atoms with Crippen molar-refractivity contribution < 1.29 is 30.7 Å². The molecule has 0 spiro atoms. The average Bonchev–Trinajstić information content (AvgIpc) is 2.74. The number of hydrogen-bond donors (Lipinski definition) is 0. The fourth-order valence-corrected chi connectivity index (χ4v) is 17.9. The van der Waals surface area contributed by atoms with E-state index in [1.54, 1.807) is 31.2 Å². The van der Waals surface area contributed by atoms with Crippen LogP contribution >= 0.6 is 7.37 Å². The molecule has 39 heavy (non-hydrogen) atoms. The molecule has 2 aromatic carbocycles. The highest BCUT2D eigenvalue weighted by Gasteiger charge is 2.53. The maximum Gasteiger partial charge on any atom is 0.647 e. The first-order valence-electron chi connectivity index (χ1n) is 13.4. The van der Waals surface area contributed by atoms with Gasteiger partial charge >= 0.3 is 16.4 Å². The van der Waals surface area contributed by atoms with Crippen molar-refractivity contribution >= 4 is 52.2 Å². The van der Waals surface area contributed by atoms with Crippen LogP contribution in [0.25, 0.3) is 0 Å². The maximum absolute atomic E-state index is 13.9. The lowest BCUT2D eigenvalue weighted by atomic mass is 10.0. The van der Waals surface area contributed by atoms with Crippen molar-refractivity contribution in [1.29, 1.82) is 0 Å². The second-order valence-electron chi connectivity index (χ2n) is 12.6. The van der Waals surface area contributed by atoms with Gasteiger partial charge in [0.15, 0.2) is 25.0 Å². The van der Waals surface area contributed by atoms with Gasteiger partial charge in [-0.1, -0.05) is 30.3 Å². The van der Waals surface area contributed by atoms with Gasteiger partial charge in [-0.2, -0.15) is 0 Å². The molecule has 0 bridgehead atoms. The van der Waals surface area contributed by atoms with E-state index >= 15 is 0 Å². The Morgan fingerprint density at radius 2 is 1.21 bits per heavy atom. The number of carbonyl (C=O) groups excluding carboxylic acids is 1. The van der Waals surface area contributed by atoms with Gasteiger partial charge in [0.25, 0.3) is 5.52 Å². The predicted molar refractivity (Wildman–Crippen MR) is 169 cm³/mol. The van der Waals surface area contributed by atoms with Crippen molar-refractivity contribution in [2.75, 3.05) is 6.61 Å². The van der Waals surface area contributed by atoms with Crippen LogP contribution in [0.5, 0.6) is 0 Å². The molecule has 0 fully saturated rings. The second-order valence-corrected chi connectivity index (χ2v) is 31.3. The molecule has 1 atom stereocenters. The van der Waals surface area contributed by atoms with Crippen LogP contribution in [0.4, 0.5) is 0 Å². The summed E-state index contributed by atoms with van der Waals surface area (Å²) in [5.41, 5.74) is 2.21. The normalized spacial score (nSPS) is 14.8. The molecule has 0 aliphatic heterocycles. The summed E-state index contributed by atoms with van der Waals surface area (Å²) in [6.45, 7) is 24.8. The lowest BCUT2D eigenvalue weighted by Gasteiger charge is -2.40. The van der Waals surface area contributed by atoms with E-state index in [2.05, 4.69) is 58.9 Å². The van der Waals surface area contributed by atoms with Crippen molar-refractivity contribution in [2.24, 2.45) is 0 Å². The summed E-state index contributed by atoms with van der Waals surface area (Å²) in [7, 11) is -13.5. The summed E-state index contributed by atoms with van der Waals surface area (Å²) in [4.78, 5) is 13.7. The number of carbonyl (C=O) groups is 1. The van der Waals surface area contributed by atoms with Gasteiger partial charge in [0.1, 0.15) is 0 Å². The Morgan fingerprint density at radius 1 is 0.769 bits per heavy atom. The van der Waals surface area contributed by atoms with Crippen molar-refractivity contribution in [1.82, 2.24) is 0 Å². The zero-order chi connectivity index (χ0) is 29.9. The highest BCUT2D eigenvalue weighted by molar-refractivity contribution is 7.83. The van der Waals surface area contributed by atoms with Crippen LogP contribution in [0.1, 0.15) is 34.0 Å². The minimum absolute atomic E-state index is 0.167. The van der Waals surface area contributed by atoms with E-state index < -0.39 is 46.9 Å². The van der Waals surface area contributed by atoms with Gasteiger partial charge in [0.05, 0.1) is 13.2 Å². The fraction of sp³-hybridized carbons (Fsp3) is 0.519. The summed E-state index contributed by atoms with van der Waals surface area (Å²) in [5, 5.41) is 0.398. The highest BCUT2D eigenvalue weighted by Crippen LogP contribution is 2.50. The SMILES string of the molecule is CCOP(=O)(C(=O)c1c(C)cc(CO[Si](O[Si](C)(C)C)(O[Si](C)(C)C)O[Si](C)(C)C)cc1C)c1ccccc1. The Labute approximate surface area is 239 Å². The molecule has 0 radical (unpaired) electrons. The van der Waals surface area contributed by atoms with E-state index in [1.165, 1.54) is 0 Å². The lowest BCUT2D eigenvalue weighted by Crippen LogP contribution is -2.62. The third kappa shape index (κ3) is 10.1. The molecule has 0 heterocycles. The first kappa shape index (κ1) is 34.2. The van der Waals surface area contributed by atoms with Crippen LogP contribution in [-0.4, -0.2) is 46.1 Å². The van der Waals surface area contributed by atoms with Crippen molar-refractivity contribution in [3.63, 3.8) is 0 Å². The molecule has 7 nitrogen and oxygen atoms in total. The zero-order valence-corrected chi connectivity index (χ0v) is 30.7. The highest BCUT2D eigenvalue weighted by atomic mass is 31.2. The first-order valence-corrected chi connectivity index (χ1v) is 26.9. The number of rotatable bonds is 14. The van der Waals surface area contributed by atoms with Gasteiger partial charge in [0.2, 0.25) is 0 Å². The van der Waals surface area contributed by atoms with Gasteiger partial charge in [-0.15, -0.1) is 0 Å². The third-order valence-electron chi connectivity index (χ3n) is 5.19. The molecule has 218 valence electrons. The fourth-order valence-electron chi connectivity index (χ4n) is 4.13. The molecule has 12 heteroatoms. The van der Waals surface area contributed by atoms with Gasteiger partial charge < -0.3 is 21.3 Å². The minimum atomic E-state index is -3.78. The summed E-state index contributed by atoms with van der Waals surface area (Å²) >= 11 is 0. The summed E-state index contributed by atoms with van der Waals surface area (Å²) in [6.07, 6.45) is 0. The van der Waals surface area contributed by atoms with Crippen LogP contribution in [0.15, 0.2) is 42.5 Å². The van der Waals surface area contributed by atoms with Crippen LogP contribution < -0.4 is 5.30 Å². The van der Waals surface area contributed by atoms with E-state index in [4.69, 9.17) is 21.3 Å². The molecule has 1 unspecified atom stereocenters. The molecular formula is C27H47O7PSi4. The summed E-state index contributed by atoms with van der Waals surface area (Å²) in [5.74, 6) is 0. The molecule has 0 aliphatic carbocycles. The molecule has 2 rings (SSSR count). The van der Waals surface area contributed by atoms with Crippen LogP contribution in [-0.2, 0) is 32.5 Å². The van der Waals surface area contributed by atoms with E-state index in [0.29, 0.717) is 22.0 Å². The van der Waals surface area contributed by atoms with E-state index in [9.17, 15) is 9.36 Å². The number of aryl methyl sites for hydroxylation is 2. The van der Waals surface area contributed by atoms with Gasteiger partial charge in [-0.25, -0.2) is 0 Å². The van der Waals surface area contributed by atoms with Crippen LogP contribution in [0, 0.1) is 13.8 Å². The third-order valence-corrected chi connectivity index (χ3v) is 18.4. The minimum Gasteiger partial charge on any atom is -0.395 e. The van der Waals surface area contributed by atoms with Gasteiger partial charge in [-0.05, 0) is 109 Å². The predicted octanol–water partition coefficient (Wildman–Crippen LogP) is 7.59. The van der Waals surface area contributed by atoms with Crippen molar-refractivity contribution in [2.45, 2.75) is 86.3 Å². The second kappa shape index (κ2) is 12.9. The molecule has 0 saturated carbocycles. The smallest absolute Gasteiger partial charge is 0.395 e. The summed E-state index contributed by atoms with van der Waals surface area (Å²) in [6, 6.07) is 12.5. The Bertz CT molecular complexity index is 1120. The quantitative estimate of drug-likeness (QED) is 0.158. The van der Waals surface area contributed by atoms with Crippen molar-refractivity contribution in [3.8, 4) is 0 Å². The molecule has 0 N–H and O–H groups in total. The van der Waals surface area contributed by atoms with E-state index in [1.807, 2.05) is 32.0 Å². The lowest BCUT2D eigenvalue weighted by molar-refractivity contribution is 0.0760. The first-order chi connectivity index (χ1) is 17.7. The molecule has 0 amide bonds. The summed E-state index contributed by atoms with van der Waals surface area (Å²) < 4.78 is 46.0. The van der Waals surface area contributed by atoms with Gasteiger partial charge in [0, 0.05) is 10.9 Å². The standard InChI is InChI=1S/C27H47O7PSi4/c1-13-30-35(29,25-17-15-14-16-18-25)27(28)26-22(2)19-24(20-23(26)3)21-31-39(32-36(4,5)6,33-37(7,8)9)34-38(10,11)12/h14-20H,13,21H2,1-12H3. The molecule has 0 aromatic heterocycles. The van der Waals surface area contributed by atoms with Crippen molar-refractivity contribution in [3.05, 3.63) is 64.7 Å². The topological polar surface area (TPSA) is 80.3 Å². The molecule has 2 aromatic rings. The van der Waals surface area contributed by atoms with E-state index in [0.717, 1.165) is 5.56 Å². The Hall–Kier alpha value is -0.992. The Balaban J connectivity index is 2.48. The zero-order valence-electron chi connectivity index (χ0n) is 25.8. The Morgan fingerprint density at radius 3 is 1.59 bits per heavy atom. The average molecular weight is 627 g/mol. The van der Waals surface area contributed by atoms with Crippen LogP contribution in [0.3, 0.4) is 0 Å². The largest absolute Gasteiger partial charge is 0.647 e. The van der Waals surface area contributed by atoms with E-state index in [-0.39, 0.29) is 13.2 Å². The molecule has 0 saturated heterocycles. The van der Waals surface area contributed by atoms with Gasteiger partial charge in [-0.3, -0.25) is 9.36 Å². The maximum atomic E-state index is 13.9. The van der Waals surface area contributed by atoms with Crippen LogP contribution in [0.2, 0.25) is 58.9 Å². The number of hydrogen-bond acceptors (Lipinski definition) is 7. The monoisotopic (exact) mass is 626 g/mol. The number of benzene rings is 2.